The molecule has 0 spiro atoms. The average Bonchev–Trinajstić information content (AvgIpc) is 2.60. The quantitative estimate of drug-likeness (QED) is 0.409. The minimum absolute atomic E-state index is 0.856. The fourth-order valence-electron chi connectivity index (χ4n) is 3.16. The van der Waals surface area contributed by atoms with Gasteiger partial charge in [0.1, 0.15) is 11.3 Å². The van der Waals surface area contributed by atoms with Gasteiger partial charge < -0.3 is 4.74 Å². The van der Waals surface area contributed by atoms with E-state index in [0.717, 1.165) is 27.9 Å². The number of ether oxygens (including phenoxy) is 1. The number of methoxy groups -OCH3 is 1. The topological polar surface area (TPSA) is 26.0 Å². The van der Waals surface area contributed by atoms with E-state index in [1.165, 1.54) is 16.3 Å². The highest BCUT2D eigenvalue weighted by atomic mass is 16.5. The predicted molar refractivity (Wildman–Crippen MR) is 97.2 cm³/mol. The van der Waals surface area contributed by atoms with Gasteiger partial charge in [-0.3, -0.25) is 0 Å². The van der Waals surface area contributed by atoms with Crippen LogP contribution in [0.4, 0.5) is 0 Å². The fourth-order valence-corrected chi connectivity index (χ4v) is 3.16. The van der Waals surface area contributed by atoms with Crippen molar-refractivity contribution in [2.75, 3.05) is 7.11 Å². The van der Waals surface area contributed by atoms with Crippen molar-refractivity contribution in [1.29, 1.82) is 0 Å². The molecule has 3 aromatic carbocycles. The molecule has 0 saturated carbocycles. The van der Waals surface area contributed by atoms with Crippen molar-refractivity contribution in [3.63, 3.8) is 0 Å². The van der Waals surface area contributed by atoms with Crippen LogP contribution in [0.2, 0.25) is 0 Å². The number of hydrogen-bond donors (Lipinski definition) is 0. The Balaban J connectivity index is 1.99. The monoisotopic (exact) mass is 315 g/mol. The van der Waals surface area contributed by atoms with Gasteiger partial charge in [-0.05, 0) is 47.5 Å². The first-order valence-electron chi connectivity index (χ1n) is 8.00. The number of nitrogens with zero attached hydrogens (tertiary/aromatic N) is 2. The molecule has 4 rings (SSSR count). The highest BCUT2D eigenvalue weighted by Gasteiger charge is 2.17. The Morgan fingerprint density at radius 3 is 2.38 bits per heavy atom. The fraction of sp³-hybridized carbons (Fsp3) is 0.143. The Morgan fingerprint density at radius 1 is 0.875 bits per heavy atom. The lowest BCUT2D eigenvalue weighted by Crippen LogP contribution is -2.35. The van der Waals surface area contributed by atoms with E-state index in [0.29, 0.717) is 0 Å². The number of aromatic nitrogens is 2. The second-order valence-electron chi connectivity index (χ2n) is 6.09. The summed E-state index contributed by atoms with van der Waals surface area (Å²) < 4.78 is 7.33. The Kier molecular flexibility index (Phi) is 3.42. The minimum Gasteiger partial charge on any atom is -0.497 e. The lowest BCUT2D eigenvalue weighted by molar-refractivity contribution is -0.717. The van der Waals surface area contributed by atoms with Crippen LogP contribution in [0, 0.1) is 6.92 Å². The van der Waals surface area contributed by atoms with Crippen molar-refractivity contribution in [1.82, 2.24) is 5.10 Å². The summed E-state index contributed by atoms with van der Waals surface area (Å²) in [5.41, 5.74) is 4.42. The summed E-state index contributed by atoms with van der Waals surface area (Å²) in [6.45, 7) is 2.11. The molecule has 0 fully saturated rings. The molecule has 118 valence electrons. The van der Waals surface area contributed by atoms with Crippen molar-refractivity contribution in [3.05, 3.63) is 66.2 Å². The Hall–Kier alpha value is -2.94. The van der Waals surface area contributed by atoms with E-state index in [1.54, 1.807) is 7.11 Å². The Bertz CT molecular complexity index is 1070. The maximum Gasteiger partial charge on any atom is 0.239 e. The third kappa shape index (κ3) is 2.38. The van der Waals surface area contributed by atoms with Gasteiger partial charge in [-0.25, -0.2) is 0 Å². The molecule has 0 aliphatic carbocycles. The van der Waals surface area contributed by atoms with Crippen molar-refractivity contribution in [2.45, 2.75) is 6.92 Å². The third-order valence-electron chi connectivity index (χ3n) is 4.51. The first-order chi connectivity index (χ1) is 11.7. The predicted octanol–water partition coefficient (Wildman–Crippen LogP) is 4.20. The number of benzene rings is 3. The van der Waals surface area contributed by atoms with Gasteiger partial charge in [0.25, 0.3) is 0 Å². The van der Waals surface area contributed by atoms with E-state index in [2.05, 4.69) is 61.5 Å². The van der Waals surface area contributed by atoms with Gasteiger partial charge >= 0.3 is 0 Å². The highest BCUT2D eigenvalue weighted by molar-refractivity contribution is 5.96. The van der Waals surface area contributed by atoms with Gasteiger partial charge in [0.15, 0.2) is 7.05 Å². The molecule has 0 aliphatic rings. The molecule has 1 aromatic heterocycles. The van der Waals surface area contributed by atoms with Crippen LogP contribution >= 0.6 is 0 Å². The molecule has 0 aliphatic heterocycles. The molecule has 3 nitrogen and oxygen atoms in total. The van der Waals surface area contributed by atoms with Crippen LogP contribution in [0.3, 0.4) is 0 Å². The molecule has 1 heterocycles. The van der Waals surface area contributed by atoms with E-state index >= 15 is 0 Å². The second kappa shape index (κ2) is 5.60. The lowest BCUT2D eigenvalue weighted by atomic mass is 10.0. The van der Waals surface area contributed by atoms with Gasteiger partial charge in [0.05, 0.1) is 12.7 Å². The molecule has 24 heavy (non-hydrogen) atoms. The molecule has 0 amide bonds. The minimum atomic E-state index is 0.856. The summed E-state index contributed by atoms with van der Waals surface area (Å²) in [4.78, 5) is 0. The van der Waals surface area contributed by atoms with E-state index in [-0.39, 0.29) is 0 Å². The zero-order chi connectivity index (χ0) is 16.7. The SMILES string of the molecule is COc1ccc(C)c(-c2cc3cc4ccccc4cc3n[n+]2C)c1. The van der Waals surface area contributed by atoms with Crippen LogP contribution in [0.25, 0.3) is 32.9 Å². The molecule has 3 heteroatoms. The van der Waals surface area contributed by atoms with E-state index < -0.39 is 0 Å². The average molecular weight is 315 g/mol. The van der Waals surface area contributed by atoms with Crippen molar-refractivity contribution in [3.8, 4) is 17.0 Å². The van der Waals surface area contributed by atoms with Crippen molar-refractivity contribution in [2.24, 2.45) is 7.05 Å². The first kappa shape index (κ1) is 14.6. The molecular weight excluding hydrogens is 296 g/mol. The van der Waals surface area contributed by atoms with Crippen LogP contribution in [0.15, 0.2) is 60.7 Å². The molecule has 4 aromatic rings. The number of fused-ring (bicyclic) bond motifs is 2. The summed E-state index contributed by atoms with van der Waals surface area (Å²) in [5.74, 6) is 0.856. The van der Waals surface area contributed by atoms with Gasteiger partial charge in [-0.1, -0.05) is 35.0 Å². The van der Waals surface area contributed by atoms with Gasteiger partial charge in [-0.15, -0.1) is 0 Å². The summed E-state index contributed by atoms with van der Waals surface area (Å²) >= 11 is 0. The molecule has 0 saturated heterocycles. The molecule has 0 atom stereocenters. The first-order valence-corrected chi connectivity index (χ1v) is 8.00. The number of hydrogen-bond acceptors (Lipinski definition) is 2. The molecular formula is C21H19N2O+. The van der Waals surface area contributed by atoms with Gasteiger partial charge in [-0.2, -0.15) is 0 Å². The summed E-state index contributed by atoms with van der Waals surface area (Å²) in [5, 5.41) is 8.36. The van der Waals surface area contributed by atoms with E-state index in [1.807, 2.05) is 17.8 Å². The highest BCUT2D eigenvalue weighted by Crippen LogP contribution is 2.28. The van der Waals surface area contributed by atoms with Crippen molar-refractivity contribution < 1.29 is 9.42 Å². The Morgan fingerprint density at radius 2 is 1.62 bits per heavy atom. The van der Waals surface area contributed by atoms with E-state index in [4.69, 9.17) is 9.84 Å². The van der Waals surface area contributed by atoms with Gasteiger partial charge in [0.2, 0.25) is 5.69 Å². The third-order valence-corrected chi connectivity index (χ3v) is 4.51. The molecule has 0 unspecified atom stereocenters. The number of aryl methyl sites for hydroxylation is 2. The van der Waals surface area contributed by atoms with Gasteiger partial charge in [0, 0.05) is 16.6 Å². The summed E-state index contributed by atoms with van der Waals surface area (Å²) in [6, 6.07) is 21.1. The van der Waals surface area contributed by atoms with Crippen LogP contribution in [0.5, 0.6) is 5.75 Å². The standard InChI is InChI=1S/C21H19N2O/c1-14-8-9-18(24-3)13-19(14)21-12-17-10-15-6-4-5-7-16(15)11-20(17)22-23(21)2/h4-13H,1-3H3/q+1. The zero-order valence-corrected chi connectivity index (χ0v) is 14.1. The molecule has 0 N–H and O–H groups in total. The molecule has 0 radical (unpaired) electrons. The number of rotatable bonds is 2. The largest absolute Gasteiger partial charge is 0.497 e. The van der Waals surface area contributed by atoms with Crippen LogP contribution in [-0.2, 0) is 7.05 Å². The molecule has 0 bridgehead atoms. The zero-order valence-electron chi connectivity index (χ0n) is 14.1. The van der Waals surface area contributed by atoms with E-state index in [9.17, 15) is 0 Å². The van der Waals surface area contributed by atoms with Crippen molar-refractivity contribution >= 4 is 21.7 Å². The maximum atomic E-state index is 5.39. The second-order valence-corrected chi connectivity index (χ2v) is 6.09. The lowest BCUT2D eigenvalue weighted by Gasteiger charge is -2.07. The van der Waals surface area contributed by atoms with Crippen LogP contribution in [-0.4, -0.2) is 12.2 Å². The smallest absolute Gasteiger partial charge is 0.239 e. The van der Waals surface area contributed by atoms with Crippen LogP contribution < -0.4 is 9.42 Å². The maximum absolute atomic E-state index is 5.39. The van der Waals surface area contributed by atoms with Crippen LogP contribution in [0.1, 0.15) is 5.56 Å². The normalized spacial score (nSPS) is 11.1. The summed E-state index contributed by atoms with van der Waals surface area (Å²) in [7, 11) is 3.68. The summed E-state index contributed by atoms with van der Waals surface area (Å²) in [6.07, 6.45) is 0. The Labute approximate surface area is 141 Å².